The smallest absolute Gasteiger partial charge is 0.243 e. The Hall–Kier alpha value is -2.87. The van der Waals surface area contributed by atoms with Gasteiger partial charge in [0.1, 0.15) is 5.75 Å². The first-order valence-electron chi connectivity index (χ1n) is 12.0. The number of nitrogens with zero attached hydrogens (tertiary/aromatic N) is 2. The first-order chi connectivity index (χ1) is 17.3. The summed E-state index contributed by atoms with van der Waals surface area (Å²) >= 11 is 6.08. The Morgan fingerprint density at radius 3 is 2.42 bits per heavy atom. The molecule has 1 amide bonds. The fraction of sp³-hybridized carbons (Fsp3) is 0.321. The Morgan fingerprint density at radius 2 is 1.72 bits per heavy atom. The number of piperidine rings is 1. The van der Waals surface area contributed by atoms with Crippen LogP contribution in [0.15, 0.2) is 89.8 Å². The first-order valence-corrected chi connectivity index (χ1v) is 13.8. The monoisotopic (exact) mass is 526 g/mol. The summed E-state index contributed by atoms with van der Waals surface area (Å²) in [5.74, 6) is 0.648. The molecule has 0 aliphatic carbocycles. The van der Waals surface area contributed by atoms with Gasteiger partial charge in [0.2, 0.25) is 15.9 Å². The van der Waals surface area contributed by atoms with Gasteiger partial charge in [0.15, 0.2) is 0 Å². The molecule has 4 rings (SSSR count). The van der Waals surface area contributed by atoms with E-state index in [1.54, 1.807) is 30.1 Å². The van der Waals surface area contributed by atoms with Crippen molar-refractivity contribution < 1.29 is 17.9 Å². The van der Waals surface area contributed by atoms with Crippen molar-refractivity contribution in [3.8, 4) is 5.75 Å². The fourth-order valence-corrected chi connectivity index (χ4v) is 6.50. The molecule has 1 aliphatic heterocycles. The zero-order valence-electron chi connectivity index (χ0n) is 20.3. The second kappa shape index (κ2) is 11.5. The first kappa shape index (κ1) is 26.2. The molecule has 0 bridgehead atoms. The summed E-state index contributed by atoms with van der Waals surface area (Å²) in [5, 5.41) is 0.365. The third kappa shape index (κ3) is 6.46. The van der Waals surface area contributed by atoms with Crippen LogP contribution in [0.3, 0.4) is 0 Å². The Balaban J connectivity index is 1.57. The van der Waals surface area contributed by atoms with Crippen LogP contribution in [0.1, 0.15) is 24.8 Å². The molecule has 6 nitrogen and oxygen atoms in total. The van der Waals surface area contributed by atoms with E-state index in [2.05, 4.69) is 0 Å². The summed E-state index contributed by atoms with van der Waals surface area (Å²) in [6.45, 7) is 1.30. The number of rotatable bonds is 9. The quantitative estimate of drug-likeness (QED) is 0.382. The third-order valence-electron chi connectivity index (χ3n) is 6.56. The van der Waals surface area contributed by atoms with Gasteiger partial charge in [-0.25, -0.2) is 8.42 Å². The molecule has 1 aliphatic rings. The number of carbonyl (C=O) groups excluding carboxylic acids is 1. The lowest BCUT2D eigenvalue weighted by Crippen LogP contribution is -2.50. The number of carbonyl (C=O) groups is 1. The van der Waals surface area contributed by atoms with Crippen LogP contribution in [-0.2, 0) is 21.4 Å². The van der Waals surface area contributed by atoms with E-state index in [1.807, 2.05) is 60.7 Å². The highest BCUT2D eigenvalue weighted by atomic mass is 35.5. The van der Waals surface area contributed by atoms with Crippen LogP contribution in [0.5, 0.6) is 5.75 Å². The van der Waals surface area contributed by atoms with Gasteiger partial charge in [-0.05, 0) is 48.7 Å². The van der Waals surface area contributed by atoms with Gasteiger partial charge >= 0.3 is 0 Å². The summed E-state index contributed by atoms with van der Waals surface area (Å²) in [5.41, 5.74) is 0.374. The topological polar surface area (TPSA) is 66.9 Å². The number of hydrogen-bond acceptors (Lipinski definition) is 4. The van der Waals surface area contributed by atoms with Gasteiger partial charge in [0, 0.05) is 43.5 Å². The fourth-order valence-electron chi connectivity index (χ4n) is 4.61. The molecule has 0 saturated carbocycles. The van der Waals surface area contributed by atoms with Gasteiger partial charge < -0.3 is 9.64 Å². The molecule has 0 N–H and O–H groups in total. The van der Waals surface area contributed by atoms with Crippen LogP contribution in [0.25, 0.3) is 0 Å². The van der Waals surface area contributed by atoms with Gasteiger partial charge in [-0.3, -0.25) is 4.79 Å². The van der Waals surface area contributed by atoms with E-state index >= 15 is 0 Å². The number of halogens is 1. The summed E-state index contributed by atoms with van der Waals surface area (Å²) in [6.07, 6.45) is 1.50. The van der Waals surface area contributed by atoms with Crippen molar-refractivity contribution in [1.82, 2.24) is 9.21 Å². The minimum Gasteiger partial charge on any atom is -0.493 e. The lowest BCUT2D eigenvalue weighted by Gasteiger charge is -2.42. The molecule has 1 fully saturated rings. The lowest BCUT2D eigenvalue weighted by atomic mass is 9.78. The van der Waals surface area contributed by atoms with Crippen molar-refractivity contribution in [2.24, 2.45) is 5.41 Å². The molecule has 36 heavy (non-hydrogen) atoms. The average molecular weight is 527 g/mol. The Kier molecular flexibility index (Phi) is 8.34. The van der Waals surface area contributed by atoms with Crippen LogP contribution < -0.4 is 4.74 Å². The predicted molar refractivity (Wildman–Crippen MR) is 141 cm³/mol. The molecule has 0 spiro atoms. The molecular weight excluding hydrogens is 496 g/mol. The van der Waals surface area contributed by atoms with E-state index in [-0.39, 0.29) is 30.4 Å². The van der Waals surface area contributed by atoms with Crippen molar-refractivity contribution in [2.75, 3.05) is 26.7 Å². The Bertz CT molecular complexity index is 1270. The van der Waals surface area contributed by atoms with Gasteiger partial charge in [0.25, 0.3) is 0 Å². The minimum atomic E-state index is -3.77. The van der Waals surface area contributed by atoms with Gasteiger partial charge in [-0.2, -0.15) is 4.31 Å². The lowest BCUT2D eigenvalue weighted by molar-refractivity contribution is -0.134. The molecule has 3 aromatic carbocycles. The molecule has 1 saturated heterocycles. The molecule has 1 unspecified atom stereocenters. The van der Waals surface area contributed by atoms with Crippen molar-refractivity contribution in [2.45, 2.75) is 30.7 Å². The number of hydrogen-bond donors (Lipinski definition) is 0. The number of ether oxygens (including phenoxy) is 1. The van der Waals surface area contributed by atoms with Crippen molar-refractivity contribution >= 4 is 27.5 Å². The van der Waals surface area contributed by atoms with Crippen molar-refractivity contribution in [3.63, 3.8) is 0 Å². The SMILES string of the molecule is CN(Cc1ccccc1)C(=O)CC1(COc2ccccc2)CCCN(S(=O)(=O)c2cccc(Cl)c2)C1. The van der Waals surface area contributed by atoms with E-state index in [4.69, 9.17) is 16.3 Å². The van der Waals surface area contributed by atoms with E-state index in [0.29, 0.717) is 36.7 Å². The average Bonchev–Trinajstić information content (AvgIpc) is 2.89. The van der Waals surface area contributed by atoms with Crippen LogP contribution in [-0.4, -0.2) is 50.3 Å². The normalized spacial score (nSPS) is 18.5. The van der Waals surface area contributed by atoms with Crippen LogP contribution in [0, 0.1) is 5.41 Å². The van der Waals surface area contributed by atoms with E-state index in [0.717, 1.165) is 5.56 Å². The summed E-state index contributed by atoms with van der Waals surface area (Å²) < 4.78 is 34.6. The third-order valence-corrected chi connectivity index (χ3v) is 8.64. The van der Waals surface area contributed by atoms with Gasteiger partial charge in [-0.1, -0.05) is 66.2 Å². The number of benzene rings is 3. The molecular formula is C28H31ClN2O4S. The second-order valence-corrected chi connectivity index (χ2v) is 11.8. The molecule has 190 valence electrons. The van der Waals surface area contributed by atoms with Crippen molar-refractivity contribution in [3.05, 3.63) is 95.5 Å². The number of amides is 1. The van der Waals surface area contributed by atoms with Gasteiger partial charge in [-0.15, -0.1) is 0 Å². The largest absolute Gasteiger partial charge is 0.493 e. The summed E-state index contributed by atoms with van der Waals surface area (Å²) in [6, 6.07) is 25.5. The van der Waals surface area contributed by atoms with Gasteiger partial charge in [0.05, 0.1) is 11.5 Å². The zero-order chi connectivity index (χ0) is 25.6. The number of para-hydroxylation sites is 1. The maximum Gasteiger partial charge on any atom is 0.243 e. The Labute approximate surface area is 218 Å². The maximum absolute atomic E-state index is 13.5. The maximum atomic E-state index is 13.5. The van der Waals surface area contributed by atoms with E-state index in [1.165, 1.54) is 10.4 Å². The van der Waals surface area contributed by atoms with Crippen LogP contribution in [0.4, 0.5) is 0 Å². The predicted octanol–water partition coefficient (Wildman–Crippen LogP) is 5.24. The highest BCUT2D eigenvalue weighted by Gasteiger charge is 2.43. The molecule has 3 aromatic rings. The molecule has 0 radical (unpaired) electrons. The van der Waals surface area contributed by atoms with Crippen LogP contribution in [0.2, 0.25) is 5.02 Å². The molecule has 1 heterocycles. The second-order valence-electron chi connectivity index (χ2n) is 9.41. The van der Waals surface area contributed by atoms with E-state index in [9.17, 15) is 13.2 Å². The zero-order valence-corrected chi connectivity index (χ0v) is 21.9. The summed E-state index contributed by atoms with van der Waals surface area (Å²) in [7, 11) is -1.99. The standard InChI is InChI=1S/C28H31ClN2O4S/c1-30(20-23-10-4-2-5-11-23)27(32)19-28(22-35-25-13-6-3-7-14-25)16-9-17-31(21-28)36(33,34)26-15-8-12-24(29)18-26/h2-8,10-15,18H,9,16-17,19-22H2,1H3. The minimum absolute atomic E-state index is 0.0440. The van der Waals surface area contributed by atoms with Crippen LogP contribution >= 0.6 is 11.6 Å². The Morgan fingerprint density at radius 1 is 1.03 bits per heavy atom. The highest BCUT2D eigenvalue weighted by molar-refractivity contribution is 7.89. The molecule has 8 heteroatoms. The van der Waals surface area contributed by atoms with E-state index < -0.39 is 15.4 Å². The highest BCUT2D eigenvalue weighted by Crippen LogP contribution is 2.37. The summed E-state index contributed by atoms with van der Waals surface area (Å²) in [4.78, 5) is 15.2. The number of sulfonamides is 1. The molecule has 0 aromatic heterocycles. The molecule has 1 atom stereocenters. The van der Waals surface area contributed by atoms with Crippen molar-refractivity contribution in [1.29, 1.82) is 0 Å².